The SMILES string of the molecule is Fc1ccc2c(c1)CC(Cn1cc(CNC3CC3)cn1)O2. The number of fused-ring (bicyclic) bond motifs is 1. The van der Waals surface area contributed by atoms with Crippen molar-refractivity contribution in [2.45, 2.75) is 44.5 Å². The third kappa shape index (κ3) is 2.93. The standard InChI is InChI=1S/C16H18FN3O/c17-13-1-4-16-12(5-13)6-15(21-16)10-20-9-11(8-19-20)7-18-14-2-3-14/h1,4-5,8-9,14-15,18H,2-3,6-7,10H2. The maximum absolute atomic E-state index is 13.2. The lowest BCUT2D eigenvalue weighted by atomic mass is 10.1. The van der Waals surface area contributed by atoms with Gasteiger partial charge in [-0.1, -0.05) is 0 Å². The molecule has 1 N–H and O–H groups in total. The van der Waals surface area contributed by atoms with E-state index < -0.39 is 0 Å². The summed E-state index contributed by atoms with van der Waals surface area (Å²) in [5.41, 5.74) is 2.14. The summed E-state index contributed by atoms with van der Waals surface area (Å²) >= 11 is 0. The number of ether oxygens (including phenoxy) is 1. The van der Waals surface area contributed by atoms with Gasteiger partial charge in [-0.25, -0.2) is 4.39 Å². The molecule has 1 unspecified atom stereocenters. The Hall–Kier alpha value is -1.88. The number of hydrogen-bond donors (Lipinski definition) is 1. The van der Waals surface area contributed by atoms with Crippen molar-refractivity contribution in [3.8, 4) is 5.75 Å². The lowest BCUT2D eigenvalue weighted by Crippen LogP contribution is -2.21. The van der Waals surface area contributed by atoms with Crippen LogP contribution in [0.25, 0.3) is 0 Å². The van der Waals surface area contributed by atoms with Crippen molar-refractivity contribution in [1.82, 2.24) is 15.1 Å². The van der Waals surface area contributed by atoms with Crippen LogP contribution in [0.4, 0.5) is 4.39 Å². The maximum atomic E-state index is 13.2. The second-order valence-electron chi connectivity index (χ2n) is 5.92. The summed E-state index contributed by atoms with van der Waals surface area (Å²) < 4.78 is 20.9. The average molecular weight is 287 g/mol. The second-order valence-corrected chi connectivity index (χ2v) is 5.92. The van der Waals surface area contributed by atoms with Crippen molar-refractivity contribution in [3.63, 3.8) is 0 Å². The molecule has 0 bridgehead atoms. The minimum absolute atomic E-state index is 0.0333. The molecule has 2 aliphatic rings. The van der Waals surface area contributed by atoms with Gasteiger partial charge < -0.3 is 10.1 Å². The molecule has 4 nitrogen and oxygen atoms in total. The third-order valence-electron chi connectivity index (χ3n) is 4.01. The molecule has 5 heteroatoms. The first-order valence-electron chi connectivity index (χ1n) is 7.46. The van der Waals surface area contributed by atoms with E-state index in [0.717, 1.165) is 24.3 Å². The monoisotopic (exact) mass is 287 g/mol. The zero-order valence-electron chi connectivity index (χ0n) is 11.8. The number of rotatable bonds is 5. The van der Waals surface area contributed by atoms with Crippen molar-refractivity contribution in [1.29, 1.82) is 0 Å². The molecule has 0 amide bonds. The molecule has 1 aliphatic carbocycles. The van der Waals surface area contributed by atoms with Crippen LogP contribution in [-0.2, 0) is 19.5 Å². The fourth-order valence-corrected chi connectivity index (χ4v) is 2.75. The number of hydrogen-bond acceptors (Lipinski definition) is 3. The van der Waals surface area contributed by atoms with Gasteiger partial charge in [0.05, 0.1) is 12.7 Å². The van der Waals surface area contributed by atoms with Crippen LogP contribution in [-0.4, -0.2) is 21.9 Å². The third-order valence-corrected chi connectivity index (χ3v) is 4.01. The van der Waals surface area contributed by atoms with Crippen LogP contribution in [0.1, 0.15) is 24.0 Å². The molecule has 21 heavy (non-hydrogen) atoms. The Labute approximate surface area is 122 Å². The number of halogens is 1. The van der Waals surface area contributed by atoms with E-state index in [9.17, 15) is 4.39 Å². The zero-order chi connectivity index (χ0) is 14.2. The summed E-state index contributed by atoms with van der Waals surface area (Å²) in [4.78, 5) is 0. The lowest BCUT2D eigenvalue weighted by molar-refractivity contribution is 0.203. The Morgan fingerprint density at radius 1 is 1.38 bits per heavy atom. The van der Waals surface area contributed by atoms with Crippen molar-refractivity contribution in [2.24, 2.45) is 0 Å². The smallest absolute Gasteiger partial charge is 0.123 e. The molecule has 1 aliphatic heterocycles. The van der Waals surface area contributed by atoms with Gasteiger partial charge in [0.25, 0.3) is 0 Å². The van der Waals surface area contributed by atoms with Crippen molar-refractivity contribution >= 4 is 0 Å². The van der Waals surface area contributed by atoms with Gasteiger partial charge in [-0.05, 0) is 31.0 Å². The predicted molar refractivity (Wildman–Crippen MR) is 76.6 cm³/mol. The van der Waals surface area contributed by atoms with E-state index in [1.807, 2.05) is 10.9 Å². The number of nitrogens with one attached hydrogen (secondary N) is 1. The number of nitrogens with zero attached hydrogens (tertiary/aromatic N) is 2. The Bertz CT molecular complexity index is 651. The van der Waals surface area contributed by atoms with Crippen LogP contribution >= 0.6 is 0 Å². The second kappa shape index (κ2) is 5.15. The fourth-order valence-electron chi connectivity index (χ4n) is 2.75. The first-order chi connectivity index (χ1) is 10.3. The minimum atomic E-state index is -0.203. The highest BCUT2D eigenvalue weighted by molar-refractivity contribution is 5.37. The quantitative estimate of drug-likeness (QED) is 0.917. The van der Waals surface area contributed by atoms with Crippen LogP contribution < -0.4 is 10.1 Å². The molecule has 2 aromatic rings. The fraction of sp³-hybridized carbons (Fsp3) is 0.438. The van der Waals surface area contributed by atoms with E-state index in [1.54, 1.807) is 12.1 Å². The van der Waals surface area contributed by atoms with Gasteiger partial charge in [0.15, 0.2) is 0 Å². The molecule has 1 aromatic carbocycles. The molecule has 0 saturated heterocycles. The molecule has 0 spiro atoms. The van der Waals surface area contributed by atoms with Crippen LogP contribution in [0.5, 0.6) is 5.75 Å². The van der Waals surface area contributed by atoms with Gasteiger partial charge in [0, 0.05) is 36.3 Å². The molecule has 1 saturated carbocycles. The van der Waals surface area contributed by atoms with Crippen LogP contribution in [0.15, 0.2) is 30.6 Å². The highest BCUT2D eigenvalue weighted by Crippen LogP contribution is 2.29. The van der Waals surface area contributed by atoms with E-state index in [0.29, 0.717) is 12.6 Å². The summed E-state index contributed by atoms with van der Waals surface area (Å²) in [6, 6.07) is 5.41. The van der Waals surface area contributed by atoms with Gasteiger partial charge in [-0.15, -0.1) is 0 Å². The normalized spacial score (nSPS) is 20.3. The van der Waals surface area contributed by atoms with Gasteiger partial charge in [0.2, 0.25) is 0 Å². The summed E-state index contributed by atoms with van der Waals surface area (Å²) in [5.74, 6) is 0.592. The van der Waals surface area contributed by atoms with Crippen LogP contribution in [0, 0.1) is 5.82 Å². The molecule has 1 fully saturated rings. The van der Waals surface area contributed by atoms with E-state index in [1.165, 1.54) is 24.5 Å². The summed E-state index contributed by atoms with van der Waals surface area (Å²) in [6.45, 7) is 1.57. The lowest BCUT2D eigenvalue weighted by Gasteiger charge is -2.10. The molecule has 4 rings (SSSR count). The Morgan fingerprint density at radius 3 is 3.14 bits per heavy atom. The molecule has 1 atom stereocenters. The highest BCUT2D eigenvalue weighted by Gasteiger charge is 2.24. The average Bonchev–Trinajstić information content (AvgIpc) is 3.05. The van der Waals surface area contributed by atoms with Gasteiger partial charge >= 0.3 is 0 Å². The molecule has 110 valence electrons. The van der Waals surface area contributed by atoms with Crippen LogP contribution in [0.3, 0.4) is 0 Å². The topological polar surface area (TPSA) is 39.1 Å². The molecule has 0 radical (unpaired) electrons. The van der Waals surface area contributed by atoms with Crippen molar-refractivity contribution < 1.29 is 9.13 Å². The number of benzene rings is 1. The first kappa shape index (κ1) is 12.8. The summed E-state index contributed by atoms with van der Waals surface area (Å²) in [5, 5.41) is 7.85. The highest BCUT2D eigenvalue weighted by atomic mass is 19.1. The molecule has 1 aromatic heterocycles. The van der Waals surface area contributed by atoms with E-state index >= 15 is 0 Å². The molecular formula is C16H18FN3O. The Morgan fingerprint density at radius 2 is 2.29 bits per heavy atom. The van der Waals surface area contributed by atoms with Crippen molar-refractivity contribution in [3.05, 3.63) is 47.5 Å². The molecular weight excluding hydrogens is 269 g/mol. The van der Waals surface area contributed by atoms with Gasteiger partial charge in [-0.2, -0.15) is 5.10 Å². The summed E-state index contributed by atoms with van der Waals surface area (Å²) in [7, 11) is 0. The van der Waals surface area contributed by atoms with E-state index in [4.69, 9.17) is 4.74 Å². The minimum Gasteiger partial charge on any atom is -0.488 e. The van der Waals surface area contributed by atoms with Crippen LogP contribution in [0.2, 0.25) is 0 Å². The zero-order valence-corrected chi connectivity index (χ0v) is 11.8. The largest absolute Gasteiger partial charge is 0.488 e. The van der Waals surface area contributed by atoms with Crippen molar-refractivity contribution in [2.75, 3.05) is 0 Å². The Kier molecular flexibility index (Phi) is 3.15. The van der Waals surface area contributed by atoms with E-state index in [2.05, 4.69) is 16.6 Å². The first-order valence-corrected chi connectivity index (χ1v) is 7.46. The predicted octanol–water partition coefficient (Wildman–Crippen LogP) is 2.28. The van der Waals surface area contributed by atoms with Gasteiger partial charge in [0.1, 0.15) is 17.7 Å². The molecule has 2 heterocycles. The van der Waals surface area contributed by atoms with Gasteiger partial charge in [-0.3, -0.25) is 4.68 Å². The van der Waals surface area contributed by atoms with E-state index in [-0.39, 0.29) is 11.9 Å². The Balaban J connectivity index is 1.36. The maximum Gasteiger partial charge on any atom is 0.123 e. The number of aromatic nitrogens is 2. The summed E-state index contributed by atoms with van der Waals surface area (Å²) in [6.07, 6.45) is 7.31.